The molecule has 142 valence electrons. The first-order chi connectivity index (χ1) is 11.8. The molecular formula is C14H10ClF4NO4S2. The number of rotatable bonds is 5. The summed E-state index contributed by atoms with van der Waals surface area (Å²) in [7, 11) is -9.74. The van der Waals surface area contributed by atoms with E-state index in [0.29, 0.717) is 0 Å². The zero-order valence-electron chi connectivity index (χ0n) is 12.6. The molecule has 0 saturated heterocycles. The molecule has 0 aliphatic carbocycles. The van der Waals surface area contributed by atoms with Gasteiger partial charge in [0.05, 0.1) is 4.90 Å². The van der Waals surface area contributed by atoms with Crippen molar-refractivity contribution in [2.24, 2.45) is 0 Å². The lowest BCUT2D eigenvalue weighted by molar-refractivity contribution is -0.0448. The maximum atomic E-state index is 13.8. The Morgan fingerprint density at radius 1 is 0.962 bits per heavy atom. The number of sulfonamides is 1. The first kappa shape index (κ1) is 20.6. The van der Waals surface area contributed by atoms with E-state index < -0.39 is 42.6 Å². The van der Waals surface area contributed by atoms with Crippen LogP contribution in [0.15, 0.2) is 52.3 Å². The van der Waals surface area contributed by atoms with Crippen LogP contribution in [0.4, 0.5) is 17.6 Å². The predicted octanol–water partition coefficient (Wildman–Crippen LogP) is 3.25. The van der Waals surface area contributed by atoms with Crippen LogP contribution in [0.1, 0.15) is 5.56 Å². The monoisotopic (exact) mass is 431 g/mol. The molecule has 0 bridgehead atoms. The Kier molecular flexibility index (Phi) is 5.66. The SMILES string of the molecule is O=S(=O)(c1ccc(CNS(=O)(=O)C(F)(F)F)cc1)c1ccc(Cl)cc1F. The second-order valence-electron chi connectivity index (χ2n) is 4.99. The summed E-state index contributed by atoms with van der Waals surface area (Å²) in [6.07, 6.45) is 0. The number of alkyl halides is 3. The molecule has 2 aromatic rings. The molecule has 0 aliphatic heterocycles. The van der Waals surface area contributed by atoms with Gasteiger partial charge in [0.1, 0.15) is 10.7 Å². The van der Waals surface area contributed by atoms with Crippen molar-refractivity contribution >= 4 is 31.5 Å². The van der Waals surface area contributed by atoms with Crippen molar-refractivity contribution in [3.63, 3.8) is 0 Å². The third-order valence-corrected chi connectivity index (χ3v) is 6.36. The average molecular weight is 432 g/mol. The molecule has 0 saturated carbocycles. The molecule has 0 atom stereocenters. The highest BCUT2D eigenvalue weighted by molar-refractivity contribution is 7.91. The molecular weight excluding hydrogens is 422 g/mol. The largest absolute Gasteiger partial charge is 0.511 e. The van der Waals surface area contributed by atoms with Gasteiger partial charge in [-0.2, -0.15) is 13.2 Å². The zero-order valence-corrected chi connectivity index (χ0v) is 15.0. The van der Waals surface area contributed by atoms with Gasteiger partial charge < -0.3 is 0 Å². The van der Waals surface area contributed by atoms with E-state index in [1.54, 1.807) is 0 Å². The number of hydrogen-bond acceptors (Lipinski definition) is 4. The van der Waals surface area contributed by atoms with Crippen LogP contribution in [-0.2, 0) is 26.4 Å². The van der Waals surface area contributed by atoms with Crippen molar-refractivity contribution in [3.05, 3.63) is 58.9 Å². The van der Waals surface area contributed by atoms with Crippen LogP contribution in [0.25, 0.3) is 0 Å². The van der Waals surface area contributed by atoms with Crippen LogP contribution in [0.5, 0.6) is 0 Å². The molecule has 1 N–H and O–H groups in total. The minimum atomic E-state index is -5.52. The molecule has 0 unspecified atom stereocenters. The van der Waals surface area contributed by atoms with E-state index in [4.69, 9.17) is 11.6 Å². The smallest absolute Gasteiger partial charge is 0.218 e. The first-order valence-electron chi connectivity index (χ1n) is 6.69. The van der Waals surface area contributed by atoms with E-state index in [2.05, 4.69) is 0 Å². The van der Waals surface area contributed by atoms with E-state index in [1.165, 1.54) is 10.8 Å². The van der Waals surface area contributed by atoms with Crippen LogP contribution in [0, 0.1) is 5.82 Å². The first-order valence-corrected chi connectivity index (χ1v) is 10.0. The summed E-state index contributed by atoms with van der Waals surface area (Å²) in [4.78, 5) is -0.937. The van der Waals surface area contributed by atoms with Gasteiger partial charge in [0, 0.05) is 11.6 Å². The van der Waals surface area contributed by atoms with Crippen molar-refractivity contribution in [1.82, 2.24) is 4.72 Å². The highest BCUT2D eigenvalue weighted by Gasteiger charge is 2.45. The Balaban J connectivity index is 2.24. The van der Waals surface area contributed by atoms with E-state index in [0.717, 1.165) is 36.4 Å². The van der Waals surface area contributed by atoms with Gasteiger partial charge in [-0.15, -0.1) is 0 Å². The Hall–Kier alpha value is -1.69. The second-order valence-corrected chi connectivity index (χ2v) is 9.11. The minimum Gasteiger partial charge on any atom is -0.218 e. The lowest BCUT2D eigenvalue weighted by atomic mass is 10.2. The summed E-state index contributed by atoms with van der Waals surface area (Å²) in [5, 5.41) is 0.00810. The van der Waals surface area contributed by atoms with Gasteiger partial charge in [-0.1, -0.05) is 23.7 Å². The Morgan fingerprint density at radius 2 is 1.54 bits per heavy atom. The Labute approximate surface area is 151 Å². The lowest BCUT2D eigenvalue weighted by Gasteiger charge is -2.10. The number of nitrogens with one attached hydrogen (secondary N) is 1. The topological polar surface area (TPSA) is 80.3 Å². The molecule has 5 nitrogen and oxygen atoms in total. The van der Waals surface area contributed by atoms with Crippen LogP contribution in [-0.4, -0.2) is 22.3 Å². The van der Waals surface area contributed by atoms with Gasteiger partial charge in [0.25, 0.3) is 0 Å². The summed E-state index contributed by atoms with van der Waals surface area (Å²) >= 11 is 5.57. The molecule has 0 fully saturated rings. The fraction of sp³-hybridized carbons (Fsp3) is 0.143. The molecule has 0 radical (unpaired) electrons. The summed E-state index contributed by atoms with van der Waals surface area (Å²) < 4.78 is 98.5. The van der Waals surface area contributed by atoms with Gasteiger partial charge >= 0.3 is 15.5 Å². The third kappa shape index (κ3) is 4.34. The van der Waals surface area contributed by atoms with Crippen LogP contribution < -0.4 is 4.72 Å². The molecule has 0 aromatic heterocycles. The summed E-state index contributed by atoms with van der Waals surface area (Å²) in [6, 6.07) is 7.28. The standard InChI is InChI=1S/C14H10ClF4NO4S2/c15-10-3-6-13(12(16)7-10)25(21,22)11-4-1-9(2-5-11)8-20-26(23,24)14(17,18)19/h1-7,20H,8H2. The maximum absolute atomic E-state index is 13.8. The summed E-state index contributed by atoms with van der Waals surface area (Å²) in [6.45, 7) is -0.697. The third-order valence-electron chi connectivity index (χ3n) is 3.19. The quantitative estimate of drug-likeness (QED) is 0.737. The molecule has 0 spiro atoms. The lowest BCUT2D eigenvalue weighted by Crippen LogP contribution is -2.35. The van der Waals surface area contributed by atoms with Crippen LogP contribution >= 0.6 is 11.6 Å². The molecule has 26 heavy (non-hydrogen) atoms. The van der Waals surface area contributed by atoms with Crippen molar-refractivity contribution in [1.29, 1.82) is 0 Å². The molecule has 2 aromatic carbocycles. The van der Waals surface area contributed by atoms with Gasteiger partial charge in [-0.05, 0) is 35.9 Å². The van der Waals surface area contributed by atoms with Crippen LogP contribution in [0.2, 0.25) is 5.02 Å². The minimum absolute atomic E-state index is 0.00810. The van der Waals surface area contributed by atoms with Crippen molar-refractivity contribution < 1.29 is 34.4 Å². The summed E-state index contributed by atoms with van der Waals surface area (Å²) in [5.41, 5.74) is -5.38. The van der Waals surface area contributed by atoms with E-state index in [-0.39, 0.29) is 15.5 Å². The fourth-order valence-electron chi connectivity index (χ4n) is 1.87. The number of sulfone groups is 1. The van der Waals surface area contributed by atoms with E-state index in [1.807, 2.05) is 0 Å². The molecule has 2 rings (SSSR count). The molecule has 12 heteroatoms. The van der Waals surface area contributed by atoms with Gasteiger partial charge in [-0.3, -0.25) is 0 Å². The summed E-state index contributed by atoms with van der Waals surface area (Å²) in [5.74, 6) is -1.06. The Morgan fingerprint density at radius 3 is 2.04 bits per heavy atom. The van der Waals surface area contributed by atoms with Crippen molar-refractivity contribution in [3.8, 4) is 0 Å². The zero-order chi connectivity index (χ0) is 19.8. The number of halogens is 5. The van der Waals surface area contributed by atoms with Crippen molar-refractivity contribution in [2.45, 2.75) is 21.8 Å². The normalized spacial score (nSPS) is 13.0. The molecule has 0 aliphatic rings. The Bertz CT molecular complexity index is 1020. The average Bonchev–Trinajstić information content (AvgIpc) is 2.52. The fourth-order valence-corrected chi connectivity index (χ4v) is 3.86. The maximum Gasteiger partial charge on any atom is 0.511 e. The highest BCUT2D eigenvalue weighted by atomic mass is 35.5. The highest BCUT2D eigenvalue weighted by Crippen LogP contribution is 2.26. The van der Waals surface area contributed by atoms with Crippen molar-refractivity contribution in [2.75, 3.05) is 0 Å². The van der Waals surface area contributed by atoms with Gasteiger partial charge in [0.15, 0.2) is 0 Å². The predicted molar refractivity (Wildman–Crippen MR) is 85.1 cm³/mol. The van der Waals surface area contributed by atoms with E-state index in [9.17, 15) is 34.4 Å². The van der Waals surface area contributed by atoms with Crippen LogP contribution in [0.3, 0.4) is 0 Å². The second kappa shape index (κ2) is 7.14. The molecule has 0 amide bonds. The van der Waals surface area contributed by atoms with Gasteiger partial charge in [0.2, 0.25) is 9.84 Å². The number of benzene rings is 2. The molecule has 0 heterocycles. The number of hydrogen-bond donors (Lipinski definition) is 1. The van der Waals surface area contributed by atoms with E-state index >= 15 is 0 Å². The van der Waals surface area contributed by atoms with Gasteiger partial charge in [-0.25, -0.2) is 25.9 Å².